The Labute approximate surface area is 133 Å². The Morgan fingerprint density at radius 2 is 2.24 bits per heavy atom. The van der Waals surface area contributed by atoms with Gasteiger partial charge in [0.25, 0.3) is 0 Å². The zero-order chi connectivity index (χ0) is 15.2. The average Bonchev–Trinajstić information content (AvgIpc) is 2.86. The Balaban J connectivity index is 2.28. The largest absolute Gasteiger partial charge is 0.494 e. The first kappa shape index (κ1) is 16.0. The van der Waals surface area contributed by atoms with Gasteiger partial charge in [-0.2, -0.15) is 5.10 Å². The van der Waals surface area contributed by atoms with Crippen LogP contribution in [0.25, 0.3) is 0 Å². The minimum Gasteiger partial charge on any atom is -0.494 e. The molecule has 0 fully saturated rings. The molecular formula is C15H20BrN3O2. The van der Waals surface area contributed by atoms with E-state index in [9.17, 15) is 0 Å². The number of rotatable bonds is 7. The number of halogens is 1. The van der Waals surface area contributed by atoms with Gasteiger partial charge in [-0.25, -0.2) is 0 Å². The molecule has 2 aromatic rings. The van der Waals surface area contributed by atoms with Crippen LogP contribution in [0.4, 0.5) is 0 Å². The highest BCUT2D eigenvalue weighted by Gasteiger charge is 2.18. The molecule has 0 spiro atoms. The number of nitrogens with two attached hydrogens (primary N) is 1. The third kappa shape index (κ3) is 3.84. The van der Waals surface area contributed by atoms with Gasteiger partial charge in [0, 0.05) is 7.11 Å². The molecule has 1 heterocycles. The standard InChI is InChI=1S/C15H20BrN3O2/c1-3-21-12-6-4-5-11(9-12)14(17)15-13(16)10-18-19(15)7-8-20-2/h4-6,9-10,14H,3,7-8,17H2,1-2H3. The first-order valence-corrected chi connectivity index (χ1v) is 7.65. The normalized spacial score (nSPS) is 12.4. The summed E-state index contributed by atoms with van der Waals surface area (Å²) in [5.41, 5.74) is 8.33. The summed E-state index contributed by atoms with van der Waals surface area (Å²) in [6.45, 7) is 3.85. The molecule has 0 aliphatic carbocycles. The second kappa shape index (κ2) is 7.59. The van der Waals surface area contributed by atoms with Crippen molar-refractivity contribution < 1.29 is 9.47 Å². The van der Waals surface area contributed by atoms with Gasteiger partial charge in [0.05, 0.1) is 42.2 Å². The molecule has 0 radical (unpaired) electrons. The maximum Gasteiger partial charge on any atom is 0.119 e. The van der Waals surface area contributed by atoms with E-state index in [4.69, 9.17) is 15.2 Å². The van der Waals surface area contributed by atoms with E-state index in [0.717, 1.165) is 21.5 Å². The molecule has 21 heavy (non-hydrogen) atoms. The lowest BCUT2D eigenvalue weighted by Crippen LogP contribution is -2.19. The summed E-state index contributed by atoms with van der Waals surface area (Å²) in [6.07, 6.45) is 1.76. The van der Waals surface area contributed by atoms with E-state index in [0.29, 0.717) is 19.8 Å². The highest BCUT2D eigenvalue weighted by Crippen LogP contribution is 2.28. The second-order valence-electron chi connectivity index (χ2n) is 4.58. The average molecular weight is 354 g/mol. The fourth-order valence-electron chi connectivity index (χ4n) is 2.16. The quantitative estimate of drug-likeness (QED) is 0.831. The molecular weight excluding hydrogens is 334 g/mol. The predicted molar refractivity (Wildman–Crippen MR) is 85.4 cm³/mol. The number of nitrogens with zero attached hydrogens (tertiary/aromatic N) is 2. The molecule has 1 unspecified atom stereocenters. The molecule has 0 saturated heterocycles. The second-order valence-corrected chi connectivity index (χ2v) is 5.43. The van der Waals surface area contributed by atoms with Crippen LogP contribution in [0.2, 0.25) is 0 Å². The molecule has 0 aliphatic heterocycles. The summed E-state index contributed by atoms with van der Waals surface area (Å²) in [7, 11) is 1.67. The highest BCUT2D eigenvalue weighted by molar-refractivity contribution is 9.10. The Kier molecular flexibility index (Phi) is 5.78. The molecule has 6 heteroatoms. The zero-order valence-corrected chi connectivity index (χ0v) is 13.8. The Morgan fingerprint density at radius 3 is 2.95 bits per heavy atom. The zero-order valence-electron chi connectivity index (χ0n) is 12.3. The predicted octanol–water partition coefficient (Wildman–Crippen LogP) is 2.74. The van der Waals surface area contributed by atoms with Crippen LogP contribution in [0.1, 0.15) is 24.2 Å². The van der Waals surface area contributed by atoms with Crippen molar-refractivity contribution in [3.05, 3.63) is 46.2 Å². The molecule has 2 rings (SSSR count). The fourth-order valence-corrected chi connectivity index (χ4v) is 2.70. The Morgan fingerprint density at radius 1 is 1.43 bits per heavy atom. The lowest BCUT2D eigenvalue weighted by Gasteiger charge is -2.16. The third-order valence-electron chi connectivity index (χ3n) is 3.16. The summed E-state index contributed by atoms with van der Waals surface area (Å²) >= 11 is 3.52. The lowest BCUT2D eigenvalue weighted by atomic mass is 10.0. The van der Waals surface area contributed by atoms with Crippen LogP contribution in [0.3, 0.4) is 0 Å². The Hall–Kier alpha value is -1.37. The van der Waals surface area contributed by atoms with Crippen LogP contribution in [0.15, 0.2) is 34.9 Å². The molecule has 2 N–H and O–H groups in total. The highest BCUT2D eigenvalue weighted by atomic mass is 79.9. The van der Waals surface area contributed by atoms with E-state index in [-0.39, 0.29) is 6.04 Å². The number of hydrogen-bond donors (Lipinski definition) is 1. The van der Waals surface area contributed by atoms with Gasteiger partial charge in [-0.3, -0.25) is 4.68 Å². The van der Waals surface area contributed by atoms with Gasteiger partial charge < -0.3 is 15.2 Å². The van der Waals surface area contributed by atoms with Crippen molar-refractivity contribution in [2.45, 2.75) is 19.5 Å². The van der Waals surface area contributed by atoms with Crippen LogP contribution in [-0.4, -0.2) is 30.1 Å². The van der Waals surface area contributed by atoms with Crippen LogP contribution >= 0.6 is 15.9 Å². The van der Waals surface area contributed by atoms with Crippen LogP contribution in [0, 0.1) is 0 Å². The van der Waals surface area contributed by atoms with E-state index < -0.39 is 0 Å². The van der Waals surface area contributed by atoms with Crippen molar-refractivity contribution in [3.8, 4) is 5.75 Å². The van der Waals surface area contributed by atoms with Crippen LogP contribution < -0.4 is 10.5 Å². The van der Waals surface area contributed by atoms with E-state index in [1.165, 1.54) is 0 Å². The number of aromatic nitrogens is 2. The number of ether oxygens (including phenoxy) is 2. The van der Waals surface area contributed by atoms with Crippen molar-refractivity contribution in [2.75, 3.05) is 20.3 Å². The van der Waals surface area contributed by atoms with Gasteiger partial charge in [0.1, 0.15) is 5.75 Å². The number of hydrogen-bond acceptors (Lipinski definition) is 4. The first-order chi connectivity index (χ1) is 10.2. The van der Waals surface area contributed by atoms with Gasteiger partial charge >= 0.3 is 0 Å². The SMILES string of the molecule is CCOc1cccc(C(N)c2c(Br)cnn2CCOC)c1. The lowest BCUT2D eigenvalue weighted by molar-refractivity contribution is 0.182. The van der Waals surface area contributed by atoms with Gasteiger partial charge in [0.15, 0.2) is 0 Å². The minimum absolute atomic E-state index is 0.279. The Bertz CT molecular complexity index is 586. The summed E-state index contributed by atoms with van der Waals surface area (Å²) in [4.78, 5) is 0. The van der Waals surface area contributed by atoms with Crippen molar-refractivity contribution in [1.82, 2.24) is 9.78 Å². The summed E-state index contributed by atoms with van der Waals surface area (Å²) in [5, 5.41) is 4.34. The maximum absolute atomic E-state index is 6.41. The minimum atomic E-state index is -0.279. The molecule has 0 aliphatic rings. The van der Waals surface area contributed by atoms with Gasteiger partial charge in [-0.1, -0.05) is 12.1 Å². The van der Waals surface area contributed by atoms with E-state index >= 15 is 0 Å². The molecule has 1 aromatic carbocycles. The van der Waals surface area contributed by atoms with E-state index in [1.807, 2.05) is 35.9 Å². The fraction of sp³-hybridized carbons (Fsp3) is 0.400. The van der Waals surface area contributed by atoms with Crippen LogP contribution in [0.5, 0.6) is 5.75 Å². The molecule has 0 bridgehead atoms. The topological polar surface area (TPSA) is 62.3 Å². The number of methoxy groups -OCH3 is 1. The third-order valence-corrected chi connectivity index (χ3v) is 3.77. The smallest absolute Gasteiger partial charge is 0.119 e. The van der Waals surface area contributed by atoms with Gasteiger partial charge in [0.2, 0.25) is 0 Å². The molecule has 0 amide bonds. The molecule has 5 nitrogen and oxygen atoms in total. The van der Waals surface area contributed by atoms with Crippen molar-refractivity contribution in [3.63, 3.8) is 0 Å². The summed E-state index contributed by atoms with van der Waals surface area (Å²) in [6, 6.07) is 7.56. The summed E-state index contributed by atoms with van der Waals surface area (Å²) in [5.74, 6) is 0.824. The first-order valence-electron chi connectivity index (χ1n) is 6.85. The maximum atomic E-state index is 6.41. The summed E-state index contributed by atoms with van der Waals surface area (Å²) < 4.78 is 13.4. The van der Waals surface area contributed by atoms with Gasteiger partial charge in [-0.15, -0.1) is 0 Å². The van der Waals surface area contributed by atoms with E-state index in [1.54, 1.807) is 13.3 Å². The molecule has 1 atom stereocenters. The van der Waals surface area contributed by atoms with Gasteiger partial charge in [-0.05, 0) is 40.5 Å². The van der Waals surface area contributed by atoms with Crippen molar-refractivity contribution in [2.24, 2.45) is 5.73 Å². The molecule has 1 aromatic heterocycles. The van der Waals surface area contributed by atoms with Crippen LogP contribution in [-0.2, 0) is 11.3 Å². The monoisotopic (exact) mass is 353 g/mol. The van der Waals surface area contributed by atoms with E-state index in [2.05, 4.69) is 21.0 Å². The van der Waals surface area contributed by atoms with Crippen molar-refractivity contribution in [1.29, 1.82) is 0 Å². The molecule has 114 valence electrons. The van der Waals surface area contributed by atoms with Crippen molar-refractivity contribution >= 4 is 15.9 Å². The molecule has 0 saturated carbocycles. The number of benzene rings is 1.